The van der Waals surface area contributed by atoms with Crippen molar-refractivity contribution >= 4 is 5.91 Å². The summed E-state index contributed by atoms with van der Waals surface area (Å²) in [5.74, 6) is 0.886. The lowest BCUT2D eigenvalue weighted by atomic mass is 10.1. The minimum Gasteiger partial charge on any atom is -0.508 e. The molecule has 0 aliphatic carbocycles. The number of hydrogen-bond donors (Lipinski definition) is 1. The van der Waals surface area contributed by atoms with E-state index in [0.29, 0.717) is 26.2 Å². The molecular formula is C18H22N2O4. The van der Waals surface area contributed by atoms with Gasteiger partial charge in [0.2, 0.25) is 0 Å². The number of aromatic hydroxyl groups is 1. The molecule has 6 nitrogen and oxygen atoms in total. The number of nitrogens with zero attached hydrogens (tertiary/aromatic N) is 2. The molecule has 2 aromatic rings. The van der Waals surface area contributed by atoms with Gasteiger partial charge in [0.1, 0.15) is 17.6 Å². The summed E-state index contributed by atoms with van der Waals surface area (Å²) in [6.07, 6.45) is 1.14. The van der Waals surface area contributed by atoms with Crippen LogP contribution in [0, 0.1) is 0 Å². The monoisotopic (exact) mass is 330 g/mol. The summed E-state index contributed by atoms with van der Waals surface area (Å²) in [5, 5.41) is 9.42. The van der Waals surface area contributed by atoms with Gasteiger partial charge < -0.3 is 24.1 Å². The standard InChI is InChI=1S/C18H22N2O4/c1-19-8-10-24-17(13-19)18(22)20(12-16-3-2-9-23-16)11-14-4-6-15(21)7-5-14/h2-7,9,17,21H,8,10-13H2,1H3/t17-/m1/s1. The number of furan rings is 1. The van der Waals surface area contributed by atoms with Crippen LogP contribution >= 0.6 is 0 Å². The summed E-state index contributed by atoms with van der Waals surface area (Å²) in [4.78, 5) is 16.8. The van der Waals surface area contributed by atoms with E-state index in [9.17, 15) is 9.90 Å². The number of hydrogen-bond acceptors (Lipinski definition) is 5. The Kier molecular flexibility index (Phi) is 5.17. The Morgan fingerprint density at radius 2 is 2.08 bits per heavy atom. The van der Waals surface area contributed by atoms with Crippen molar-refractivity contribution in [1.29, 1.82) is 0 Å². The average Bonchev–Trinajstić information content (AvgIpc) is 3.09. The molecule has 1 aromatic carbocycles. The molecule has 0 saturated carbocycles. The molecular weight excluding hydrogens is 308 g/mol. The number of morpholine rings is 1. The van der Waals surface area contributed by atoms with Crippen molar-refractivity contribution < 1.29 is 19.1 Å². The number of rotatable bonds is 5. The molecule has 128 valence electrons. The zero-order valence-corrected chi connectivity index (χ0v) is 13.7. The number of phenols is 1. The van der Waals surface area contributed by atoms with Crippen molar-refractivity contribution in [2.75, 3.05) is 26.7 Å². The Balaban J connectivity index is 1.75. The van der Waals surface area contributed by atoms with Gasteiger partial charge in [-0.3, -0.25) is 4.79 Å². The molecule has 24 heavy (non-hydrogen) atoms. The molecule has 1 atom stereocenters. The van der Waals surface area contributed by atoms with Gasteiger partial charge in [-0.25, -0.2) is 0 Å². The lowest BCUT2D eigenvalue weighted by Gasteiger charge is -2.33. The van der Waals surface area contributed by atoms with E-state index >= 15 is 0 Å². The summed E-state index contributed by atoms with van der Waals surface area (Å²) in [7, 11) is 1.99. The molecule has 0 radical (unpaired) electrons. The fourth-order valence-corrected chi connectivity index (χ4v) is 2.76. The largest absolute Gasteiger partial charge is 0.508 e. The van der Waals surface area contributed by atoms with Gasteiger partial charge in [-0.1, -0.05) is 12.1 Å². The third-order valence-electron chi connectivity index (χ3n) is 4.09. The van der Waals surface area contributed by atoms with Crippen molar-refractivity contribution in [3.63, 3.8) is 0 Å². The fraction of sp³-hybridized carbons (Fsp3) is 0.389. The molecule has 1 aromatic heterocycles. The molecule has 1 amide bonds. The second kappa shape index (κ2) is 7.51. The number of phenolic OH excluding ortho intramolecular Hbond substituents is 1. The maximum absolute atomic E-state index is 12.9. The Morgan fingerprint density at radius 1 is 1.29 bits per heavy atom. The van der Waals surface area contributed by atoms with Crippen LogP contribution in [-0.4, -0.2) is 53.7 Å². The molecule has 6 heteroatoms. The minimum atomic E-state index is -0.462. The van der Waals surface area contributed by atoms with E-state index in [1.54, 1.807) is 23.3 Å². The molecule has 1 aliphatic heterocycles. The predicted octanol–water partition coefficient (Wildman–Crippen LogP) is 1.84. The van der Waals surface area contributed by atoms with Gasteiger partial charge in [-0.15, -0.1) is 0 Å². The first-order chi connectivity index (χ1) is 11.6. The summed E-state index contributed by atoms with van der Waals surface area (Å²) in [6, 6.07) is 10.5. The van der Waals surface area contributed by atoms with Gasteiger partial charge >= 0.3 is 0 Å². The van der Waals surface area contributed by atoms with E-state index in [1.807, 2.05) is 31.3 Å². The van der Waals surface area contributed by atoms with Gasteiger partial charge in [-0.2, -0.15) is 0 Å². The van der Waals surface area contributed by atoms with Gasteiger partial charge in [0.05, 0.1) is 19.4 Å². The predicted molar refractivity (Wildman–Crippen MR) is 88.3 cm³/mol. The van der Waals surface area contributed by atoms with Crippen molar-refractivity contribution in [3.8, 4) is 5.75 Å². The van der Waals surface area contributed by atoms with Gasteiger partial charge in [0.15, 0.2) is 0 Å². The third-order valence-corrected chi connectivity index (χ3v) is 4.09. The first-order valence-corrected chi connectivity index (χ1v) is 8.01. The van der Waals surface area contributed by atoms with E-state index in [2.05, 4.69) is 4.90 Å². The van der Waals surface area contributed by atoms with Crippen LogP contribution in [0.5, 0.6) is 5.75 Å². The van der Waals surface area contributed by atoms with Crippen LogP contribution in [-0.2, 0) is 22.6 Å². The number of carbonyl (C=O) groups excluding carboxylic acids is 1. The van der Waals surface area contributed by atoms with Gasteiger partial charge in [0.25, 0.3) is 5.91 Å². The zero-order valence-electron chi connectivity index (χ0n) is 13.7. The van der Waals surface area contributed by atoms with E-state index < -0.39 is 6.10 Å². The van der Waals surface area contributed by atoms with Gasteiger partial charge in [-0.05, 0) is 36.9 Å². The second-order valence-electron chi connectivity index (χ2n) is 6.06. The average molecular weight is 330 g/mol. The van der Waals surface area contributed by atoms with E-state index in [-0.39, 0.29) is 11.7 Å². The van der Waals surface area contributed by atoms with Crippen LogP contribution < -0.4 is 0 Å². The third kappa shape index (κ3) is 4.15. The van der Waals surface area contributed by atoms with Crippen LogP contribution in [0.1, 0.15) is 11.3 Å². The van der Waals surface area contributed by atoms with Crippen LogP contribution in [0.15, 0.2) is 47.1 Å². The van der Waals surface area contributed by atoms with Crippen LogP contribution in [0.25, 0.3) is 0 Å². The number of benzene rings is 1. The highest BCUT2D eigenvalue weighted by molar-refractivity contribution is 5.81. The lowest BCUT2D eigenvalue weighted by Crippen LogP contribution is -2.49. The Morgan fingerprint density at radius 3 is 2.75 bits per heavy atom. The topological polar surface area (TPSA) is 66.2 Å². The number of amides is 1. The lowest BCUT2D eigenvalue weighted by molar-refractivity contribution is -0.150. The molecule has 1 saturated heterocycles. The van der Waals surface area contributed by atoms with Crippen molar-refractivity contribution in [2.45, 2.75) is 19.2 Å². The molecule has 1 fully saturated rings. The second-order valence-corrected chi connectivity index (χ2v) is 6.06. The maximum atomic E-state index is 12.9. The summed E-state index contributed by atoms with van der Waals surface area (Å²) in [6.45, 7) is 2.80. The molecule has 0 spiro atoms. The molecule has 0 unspecified atom stereocenters. The van der Waals surface area contributed by atoms with E-state index in [0.717, 1.165) is 17.9 Å². The highest BCUT2D eigenvalue weighted by atomic mass is 16.5. The summed E-state index contributed by atoms with van der Waals surface area (Å²) < 4.78 is 11.1. The highest BCUT2D eigenvalue weighted by Gasteiger charge is 2.29. The number of likely N-dealkylation sites (N-methyl/N-ethyl adjacent to an activating group) is 1. The van der Waals surface area contributed by atoms with E-state index in [4.69, 9.17) is 9.15 Å². The first-order valence-electron chi connectivity index (χ1n) is 8.01. The maximum Gasteiger partial charge on any atom is 0.253 e. The van der Waals surface area contributed by atoms with Crippen molar-refractivity contribution in [3.05, 3.63) is 54.0 Å². The van der Waals surface area contributed by atoms with Crippen molar-refractivity contribution in [2.24, 2.45) is 0 Å². The van der Waals surface area contributed by atoms with Crippen LogP contribution in [0.4, 0.5) is 0 Å². The minimum absolute atomic E-state index is 0.0500. The Hall–Kier alpha value is -2.31. The highest BCUT2D eigenvalue weighted by Crippen LogP contribution is 2.17. The van der Waals surface area contributed by atoms with E-state index in [1.165, 1.54) is 0 Å². The number of carbonyl (C=O) groups is 1. The number of ether oxygens (including phenoxy) is 1. The zero-order chi connectivity index (χ0) is 16.9. The molecule has 3 rings (SSSR count). The fourth-order valence-electron chi connectivity index (χ4n) is 2.76. The smallest absolute Gasteiger partial charge is 0.253 e. The first kappa shape index (κ1) is 16.5. The van der Waals surface area contributed by atoms with Crippen LogP contribution in [0.3, 0.4) is 0 Å². The normalized spacial score (nSPS) is 18.5. The SMILES string of the molecule is CN1CCO[C@@H](C(=O)N(Cc2ccc(O)cc2)Cc2ccco2)C1. The van der Waals surface area contributed by atoms with Crippen LogP contribution in [0.2, 0.25) is 0 Å². The molecule has 1 aliphatic rings. The molecule has 2 heterocycles. The summed E-state index contributed by atoms with van der Waals surface area (Å²) in [5.41, 5.74) is 0.942. The Bertz CT molecular complexity index is 654. The Labute approximate surface area is 141 Å². The molecule has 1 N–H and O–H groups in total. The van der Waals surface area contributed by atoms with Crippen molar-refractivity contribution in [1.82, 2.24) is 9.80 Å². The summed E-state index contributed by atoms with van der Waals surface area (Å²) >= 11 is 0. The molecule has 0 bridgehead atoms. The van der Waals surface area contributed by atoms with Gasteiger partial charge in [0, 0.05) is 19.6 Å². The quantitative estimate of drug-likeness (QED) is 0.906.